The van der Waals surface area contributed by atoms with E-state index in [1.807, 2.05) is 0 Å². The van der Waals surface area contributed by atoms with Crippen LogP contribution in [0.15, 0.2) is 58.7 Å². The van der Waals surface area contributed by atoms with Crippen molar-refractivity contribution < 1.29 is 14.4 Å². The average molecular weight is 491 g/mol. The van der Waals surface area contributed by atoms with Crippen LogP contribution in [0, 0.1) is 10.1 Å². The van der Waals surface area contributed by atoms with Gasteiger partial charge >= 0.3 is 0 Å². The van der Waals surface area contributed by atoms with E-state index in [1.54, 1.807) is 47.9 Å². The van der Waals surface area contributed by atoms with E-state index in [2.05, 4.69) is 10.1 Å². The Morgan fingerprint density at radius 3 is 2.77 bits per heavy atom. The minimum absolute atomic E-state index is 0.0155. The summed E-state index contributed by atoms with van der Waals surface area (Å²) in [6.45, 7) is 0.174. The van der Waals surface area contributed by atoms with Crippen molar-refractivity contribution in [3.8, 4) is 11.5 Å². The molecule has 2 aromatic heterocycles. The number of para-hydroxylation sites is 1. The molecular formula is C25H22N4O5S. The summed E-state index contributed by atoms with van der Waals surface area (Å²) in [5.41, 5.74) is 2.33. The number of methoxy groups -OCH3 is 1. The molecule has 0 unspecified atom stereocenters. The van der Waals surface area contributed by atoms with Crippen LogP contribution in [-0.2, 0) is 19.4 Å². The number of nitro benzene ring substituents is 1. The molecule has 1 aliphatic rings. The highest BCUT2D eigenvalue weighted by Gasteiger charge is 2.20. The molecule has 0 N–H and O–H groups in total. The van der Waals surface area contributed by atoms with E-state index in [4.69, 9.17) is 9.47 Å². The van der Waals surface area contributed by atoms with Gasteiger partial charge in [-0.05, 0) is 61.1 Å². The zero-order chi connectivity index (χ0) is 24.4. The van der Waals surface area contributed by atoms with Crippen LogP contribution in [-0.4, -0.2) is 27.9 Å². The number of rotatable bonds is 7. The summed E-state index contributed by atoms with van der Waals surface area (Å²) in [5, 5.41) is 15.9. The molecule has 0 amide bonds. The van der Waals surface area contributed by atoms with Gasteiger partial charge < -0.3 is 9.47 Å². The molecule has 178 valence electrons. The summed E-state index contributed by atoms with van der Waals surface area (Å²) in [7, 11) is 1.54. The summed E-state index contributed by atoms with van der Waals surface area (Å²) in [5.74, 6) is 0.954. The van der Waals surface area contributed by atoms with Crippen LogP contribution in [0.3, 0.4) is 0 Å². The van der Waals surface area contributed by atoms with Gasteiger partial charge in [-0.1, -0.05) is 6.07 Å². The van der Waals surface area contributed by atoms with Crippen molar-refractivity contribution in [1.29, 1.82) is 0 Å². The Bertz CT molecular complexity index is 1490. The SMILES string of the molecule is COc1cccc(/C=N\n2cnc3sc4c(c3c2=O)CCCC4)c1OCc1ccc([N+](=O)[O-])cc1. The summed E-state index contributed by atoms with van der Waals surface area (Å²) >= 11 is 1.60. The van der Waals surface area contributed by atoms with Crippen LogP contribution in [0.25, 0.3) is 10.2 Å². The molecule has 0 aliphatic heterocycles. The van der Waals surface area contributed by atoms with Crippen molar-refractivity contribution in [3.05, 3.63) is 90.8 Å². The first-order valence-corrected chi connectivity index (χ1v) is 12.0. The van der Waals surface area contributed by atoms with E-state index in [1.165, 1.54) is 35.1 Å². The van der Waals surface area contributed by atoms with Crippen LogP contribution in [0.1, 0.15) is 34.4 Å². The summed E-state index contributed by atoms with van der Waals surface area (Å²) in [4.78, 5) is 30.1. The standard InChI is InChI=1S/C25H22N4O5S/c1-33-20-7-4-5-17(23(20)34-14-16-9-11-18(12-10-16)29(31)32)13-27-28-15-26-24-22(25(28)30)19-6-2-3-8-21(19)35-24/h4-5,7,9-13,15H,2-3,6,8,14H2,1H3/b27-13-. The fraction of sp³-hybridized carbons (Fsp3) is 0.240. The summed E-state index contributed by atoms with van der Waals surface area (Å²) < 4.78 is 12.7. The zero-order valence-corrected chi connectivity index (χ0v) is 19.8. The number of aromatic nitrogens is 2. The number of hydrogen-bond donors (Lipinski definition) is 0. The van der Waals surface area contributed by atoms with E-state index >= 15 is 0 Å². The minimum Gasteiger partial charge on any atom is -0.493 e. The molecule has 35 heavy (non-hydrogen) atoms. The lowest BCUT2D eigenvalue weighted by molar-refractivity contribution is -0.384. The van der Waals surface area contributed by atoms with Gasteiger partial charge in [0.15, 0.2) is 11.5 Å². The first kappa shape index (κ1) is 22.7. The lowest BCUT2D eigenvalue weighted by Gasteiger charge is -2.13. The van der Waals surface area contributed by atoms with Crippen molar-refractivity contribution in [2.45, 2.75) is 32.3 Å². The predicted octanol–water partition coefficient (Wildman–Crippen LogP) is 4.71. The van der Waals surface area contributed by atoms with E-state index in [0.717, 1.165) is 41.6 Å². The van der Waals surface area contributed by atoms with Crippen LogP contribution >= 0.6 is 11.3 Å². The minimum atomic E-state index is -0.445. The largest absolute Gasteiger partial charge is 0.493 e. The van der Waals surface area contributed by atoms with Gasteiger partial charge in [0.25, 0.3) is 11.2 Å². The Hall–Kier alpha value is -4.05. The normalized spacial score (nSPS) is 13.2. The fourth-order valence-corrected chi connectivity index (χ4v) is 5.38. The molecule has 0 saturated heterocycles. The number of fused-ring (bicyclic) bond motifs is 3. The number of hydrogen-bond acceptors (Lipinski definition) is 8. The van der Waals surface area contributed by atoms with Gasteiger partial charge in [0.1, 0.15) is 17.8 Å². The number of benzene rings is 2. The highest BCUT2D eigenvalue weighted by atomic mass is 32.1. The van der Waals surface area contributed by atoms with Crippen molar-refractivity contribution >= 4 is 33.5 Å². The highest BCUT2D eigenvalue weighted by molar-refractivity contribution is 7.18. The Morgan fingerprint density at radius 1 is 1.20 bits per heavy atom. The molecule has 1 aliphatic carbocycles. The van der Waals surface area contributed by atoms with E-state index in [9.17, 15) is 14.9 Å². The van der Waals surface area contributed by atoms with Gasteiger partial charge in [-0.2, -0.15) is 9.78 Å². The fourth-order valence-electron chi connectivity index (χ4n) is 4.16. The molecule has 9 nitrogen and oxygen atoms in total. The van der Waals surface area contributed by atoms with Crippen molar-refractivity contribution in [2.75, 3.05) is 7.11 Å². The van der Waals surface area contributed by atoms with Gasteiger partial charge in [-0.3, -0.25) is 14.9 Å². The number of thiophene rings is 1. The molecule has 0 atom stereocenters. The Morgan fingerprint density at radius 2 is 2.00 bits per heavy atom. The number of ether oxygens (including phenoxy) is 2. The van der Waals surface area contributed by atoms with Gasteiger partial charge in [0, 0.05) is 22.6 Å². The maximum atomic E-state index is 13.2. The predicted molar refractivity (Wildman–Crippen MR) is 134 cm³/mol. The first-order chi connectivity index (χ1) is 17.0. The zero-order valence-electron chi connectivity index (χ0n) is 19.0. The third-order valence-corrected chi connectivity index (χ3v) is 7.14. The third kappa shape index (κ3) is 4.52. The van der Waals surface area contributed by atoms with Crippen LogP contribution in [0.2, 0.25) is 0 Å². The second kappa shape index (κ2) is 9.67. The molecule has 5 rings (SSSR count). The Kier molecular flexibility index (Phi) is 6.28. The van der Waals surface area contributed by atoms with Crippen molar-refractivity contribution in [3.63, 3.8) is 0 Å². The quantitative estimate of drug-likeness (QED) is 0.211. The molecule has 10 heteroatoms. The lowest BCUT2D eigenvalue weighted by Crippen LogP contribution is -2.18. The van der Waals surface area contributed by atoms with E-state index < -0.39 is 4.92 Å². The summed E-state index contributed by atoms with van der Waals surface area (Å²) in [6, 6.07) is 11.5. The van der Waals surface area contributed by atoms with Gasteiger partial charge in [-0.15, -0.1) is 11.3 Å². The van der Waals surface area contributed by atoms with Gasteiger partial charge in [-0.25, -0.2) is 4.98 Å². The smallest absolute Gasteiger partial charge is 0.282 e. The number of nitrogens with zero attached hydrogens (tertiary/aromatic N) is 4. The lowest BCUT2D eigenvalue weighted by atomic mass is 9.97. The Labute approximate surface area is 204 Å². The number of non-ortho nitro benzene ring substituents is 1. The van der Waals surface area contributed by atoms with E-state index in [0.29, 0.717) is 22.4 Å². The van der Waals surface area contributed by atoms with Crippen molar-refractivity contribution in [2.24, 2.45) is 5.10 Å². The average Bonchev–Trinajstić information content (AvgIpc) is 3.27. The number of nitro groups is 1. The first-order valence-electron chi connectivity index (χ1n) is 11.1. The maximum absolute atomic E-state index is 13.2. The summed E-state index contributed by atoms with van der Waals surface area (Å²) in [6.07, 6.45) is 7.11. The highest BCUT2D eigenvalue weighted by Crippen LogP contribution is 2.34. The third-order valence-electron chi connectivity index (χ3n) is 5.94. The van der Waals surface area contributed by atoms with Crippen molar-refractivity contribution in [1.82, 2.24) is 9.66 Å². The maximum Gasteiger partial charge on any atom is 0.282 e. The molecule has 0 spiro atoms. The van der Waals surface area contributed by atoms with Crippen LogP contribution < -0.4 is 15.0 Å². The molecule has 0 radical (unpaired) electrons. The molecule has 0 bridgehead atoms. The second-order valence-electron chi connectivity index (χ2n) is 8.12. The molecule has 0 fully saturated rings. The molecule has 0 saturated carbocycles. The molecule has 2 heterocycles. The molecule has 4 aromatic rings. The second-order valence-corrected chi connectivity index (χ2v) is 9.20. The molecular weight excluding hydrogens is 468 g/mol. The van der Waals surface area contributed by atoms with Crippen LogP contribution in [0.4, 0.5) is 5.69 Å². The monoisotopic (exact) mass is 490 g/mol. The molecule has 2 aromatic carbocycles. The Balaban J connectivity index is 1.44. The van der Waals surface area contributed by atoms with Crippen LogP contribution in [0.5, 0.6) is 11.5 Å². The van der Waals surface area contributed by atoms with E-state index in [-0.39, 0.29) is 17.9 Å². The number of aryl methyl sites for hydroxylation is 2. The van der Waals surface area contributed by atoms with Gasteiger partial charge in [0.2, 0.25) is 0 Å². The topological polar surface area (TPSA) is 109 Å². The van der Waals surface area contributed by atoms with Gasteiger partial charge in [0.05, 0.1) is 23.6 Å².